The minimum Gasteiger partial charge on any atom is -0.326 e. The van der Waals surface area contributed by atoms with Crippen molar-refractivity contribution >= 4 is 22.6 Å². The average molecular weight is 289 g/mol. The van der Waals surface area contributed by atoms with Crippen LogP contribution < -0.4 is 0 Å². The van der Waals surface area contributed by atoms with Gasteiger partial charge in [-0.05, 0) is 60.9 Å². The largest absolute Gasteiger partial charge is 0.326 e. The quantitative estimate of drug-likeness (QED) is 0.679. The SMILES string of the molecule is Cc1cc2ncn(Cc3cc(F)ccc3Cl)c2cc1C. The second-order valence-electron chi connectivity index (χ2n) is 5.03. The lowest BCUT2D eigenvalue weighted by Gasteiger charge is -2.08. The number of imidazole rings is 1. The molecule has 0 saturated carbocycles. The van der Waals surface area contributed by atoms with Gasteiger partial charge in [0.25, 0.3) is 0 Å². The van der Waals surface area contributed by atoms with Gasteiger partial charge in [0, 0.05) is 5.02 Å². The Bertz CT molecular complexity index is 793. The minimum atomic E-state index is -0.277. The molecule has 0 unspecified atom stereocenters. The van der Waals surface area contributed by atoms with E-state index in [0.29, 0.717) is 11.6 Å². The third-order valence-electron chi connectivity index (χ3n) is 3.58. The Labute approximate surface area is 121 Å². The van der Waals surface area contributed by atoms with Gasteiger partial charge in [-0.15, -0.1) is 0 Å². The van der Waals surface area contributed by atoms with E-state index in [1.807, 2.05) is 4.57 Å². The van der Waals surface area contributed by atoms with Gasteiger partial charge in [0.2, 0.25) is 0 Å². The number of aromatic nitrogens is 2. The molecule has 0 aliphatic heterocycles. The summed E-state index contributed by atoms with van der Waals surface area (Å²) in [6, 6.07) is 8.58. The van der Waals surface area contributed by atoms with Crippen molar-refractivity contribution in [2.24, 2.45) is 0 Å². The van der Waals surface area contributed by atoms with Crippen LogP contribution in [0.3, 0.4) is 0 Å². The van der Waals surface area contributed by atoms with Crippen molar-refractivity contribution in [2.45, 2.75) is 20.4 Å². The fraction of sp³-hybridized carbons (Fsp3) is 0.188. The van der Waals surface area contributed by atoms with Gasteiger partial charge < -0.3 is 4.57 Å². The van der Waals surface area contributed by atoms with E-state index in [1.165, 1.54) is 23.3 Å². The summed E-state index contributed by atoms with van der Waals surface area (Å²) in [5.74, 6) is -0.277. The lowest BCUT2D eigenvalue weighted by atomic mass is 10.1. The zero-order chi connectivity index (χ0) is 14.3. The van der Waals surface area contributed by atoms with Crippen LogP contribution in [0.2, 0.25) is 5.02 Å². The van der Waals surface area contributed by atoms with Crippen LogP contribution in [0.15, 0.2) is 36.7 Å². The van der Waals surface area contributed by atoms with Gasteiger partial charge in [0.05, 0.1) is 23.9 Å². The molecule has 0 fully saturated rings. The lowest BCUT2D eigenvalue weighted by molar-refractivity contribution is 0.624. The Morgan fingerprint density at radius 2 is 1.90 bits per heavy atom. The molecule has 0 saturated heterocycles. The maximum Gasteiger partial charge on any atom is 0.123 e. The fourth-order valence-corrected chi connectivity index (χ4v) is 2.46. The number of hydrogen-bond donors (Lipinski definition) is 0. The third-order valence-corrected chi connectivity index (χ3v) is 3.95. The molecule has 2 aromatic carbocycles. The smallest absolute Gasteiger partial charge is 0.123 e. The Hall–Kier alpha value is -1.87. The number of hydrogen-bond acceptors (Lipinski definition) is 1. The number of nitrogens with zero attached hydrogens (tertiary/aromatic N) is 2. The first-order valence-corrected chi connectivity index (χ1v) is 6.78. The van der Waals surface area contributed by atoms with Gasteiger partial charge >= 0.3 is 0 Å². The molecule has 0 amide bonds. The molecule has 1 aromatic heterocycles. The monoisotopic (exact) mass is 288 g/mol. The van der Waals surface area contributed by atoms with Crippen molar-refractivity contribution in [3.8, 4) is 0 Å². The summed E-state index contributed by atoms with van der Waals surface area (Å²) in [6.45, 7) is 4.65. The van der Waals surface area contributed by atoms with E-state index >= 15 is 0 Å². The fourth-order valence-electron chi connectivity index (χ4n) is 2.29. The Kier molecular flexibility index (Phi) is 3.22. The van der Waals surface area contributed by atoms with Gasteiger partial charge in [0.1, 0.15) is 5.82 Å². The van der Waals surface area contributed by atoms with Gasteiger partial charge in [-0.2, -0.15) is 0 Å². The Morgan fingerprint density at radius 1 is 1.15 bits per heavy atom. The normalized spacial score (nSPS) is 11.2. The van der Waals surface area contributed by atoms with Crippen LogP contribution in [0.25, 0.3) is 11.0 Å². The number of halogens is 2. The summed E-state index contributed by atoms with van der Waals surface area (Å²) in [5.41, 5.74) is 5.16. The molecule has 0 atom stereocenters. The highest BCUT2D eigenvalue weighted by molar-refractivity contribution is 6.31. The highest BCUT2D eigenvalue weighted by Crippen LogP contribution is 2.22. The number of rotatable bonds is 2. The topological polar surface area (TPSA) is 17.8 Å². The van der Waals surface area contributed by atoms with Crippen molar-refractivity contribution in [3.63, 3.8) is 0 Å². The van der Waals surface area contributed by atoms with Crippen molar-refractivity contribution in [2.75, 3.05) is 0 Å². The third kappa shape index (κ3) is 2.29. The molecule has 0 N–H and O–H groups in total. The van der Waals surface area contributed by atoms with Gasteiger partial charge in [0.15, 0.2) is 0 Å². The van der Waals surface area contributed by atoms with Crippen LogP contribution >= 0.6 is 11.6 Å². The summed E-state index contributed by atoms with van der Waals surface area (Å²) in [5, 5.41) is 0.567. The van der Waals surface area contributed by atoms with Gasteiger partial charge in [-0.3, -0.25) is 0 Å². The maximum atomic E-state index is 13.3. The summed E-state index contributed by atoms with van der Waals surface area (Å²) >= 11 is 6.12. The average Bonchev–Trinajstić information content (AvgIpc) is 2.77. The van der Waals surface area contributed by atoms with Crippen molar-refractivity contribution in [1.82, 2.24) is 9.55 Å². The molecule has 3 aromatic rings. The first-order valence-electron chi connectivity index (χ1n) is 6.40. The molecule has 0 radical (unpaired) electrons. The summed E-state index contributed by atoms with van der Waals surface area (Å²) in [4.78, 5) is 4.39. The predicted octanol–water partition coefficient (Wildman–Crippen LogP) is 4.49. The Balaban J connectivity index is 2.07. The standard InChI is InChI=1S/C16H14ClFN2/c1-10-5-15-16(6-11(10)2)20(9-19-15)8-12-7-13(18)3-4-14(12)17/h3-7,9H,8H2,1-2H3. The molecule has 4 heteroatoms. The molecule has 0 spiro atoms. The van der Waals surface area contributed by atoms with Crippen LogP contribution in [0.1, 0.15) is 16.7 Å². The van der Waals surface area contributed by atoms with Crippen molar-refractivity contribution in [3.05, 3.63) is 64.2 Å². The van der Waals surface area contributed by atoms with E-state index in [2.05, 4.69) is 31.0 Å². The first-order chi connectivity index (χ1) is 9.54. The molecule has 2 nitrogen and oxygen atoms in total. The second kappa shape index (κ2) is 4.91. The van der Waals surface area contributed by atoms with Crippen molar-refractivity contribution < 1.29 is 4.39 Å². The second-order valence-corrected chi connectivity index (χ2v) is 5.44. The molecule has 1 heterocycles. The van der Waals surface area contributed by atoms with E-state index in [-0.39, 0.29) is 5.82 Å². The summed E-state index contributed by atoms with van der Waals surface area (Å²) < 4.78 is 15.3. The molecular formula is C16H14ClFN2. The van der Waals surface area contributed by atoms with Crippen LogP contribution in [0.4, 0.5) is 4.39 Å². The molecule has 3 rings (SSSR count). The van der Waals surface area contributed by atoms with Gasteiger partial charge in [-0.25, -0.2) is 9.37 Å². The molecule has 0 aliphatic rings. The zero-order valence-corrected chi connectivity index (χ0v) is 12.1. The van der Waals surface area contributed by atoms with Crippen LogP contribution in [-0.2, 0) is 6.54 Å². The lowest BCUT2D eigenvalue weighted by Crippen LogP contribution is -1.99. The number of fused-ring (bicyclic) bond motifs is 1. The summed E-state index contributed by atoms with van der Waals surface area (Å²) in [6.07, 6.45) is 1.77. The first kappa shape index (κ1) is 13.1. The molecular weight excluding hydrogens is 275 g/mol. The van der Waals surface area contributed by atoms with E-state index in [1.54, 1.807) is 12.4 Å². The van der Waals surface area contributed by atoms with E-state index in [0.717, 1.165) is 16.6 Å². The molecule has 0 bridgehead atoms. The highest BCUT2D eigenvalue weighted by Gasteiger charge is 2.08. The zero-order valence-electron chi connectivity index (χ0n) is 11.3. The van der Waals surface area contributed by atoms with Crippen LogP contribution in [0.5, 0.6) is 0 Å². The van der Waals surface area contributed by atoms with E-state index in [9.17, 15) is 4.39 Å². The minimum absolute atomic E-state index is 0.277. The number of benzene rings is 2. The van der Waals surface area contributed by atoms with Crippen molar-refractivity contribution in [1.29, 1.82) is 0 Å². The van der Waals surface area contributed by atoms with E-state index < -0.39 is 0 Å². The number of aryl methyl sites for hydroxylation is 2. The van der Waals surface area contributed by atoms with Crippen LogP contribution in [-0.4, -0.2) is 9.55 Å². The Morgan fingerprint density at radius 3 is 2.70 bits per heavy atom. The molecule has 20 heavy (non-hydrogen) atoms. The predicted molar refractivity (Wildman–Crippen MR) is 79.7 cm³/mol. The highest BCUT2D eigenvalue weighted by atomic mass is 35.5. The molecule has 0 aliphatic carbocycles. The molecule has 102 valence electrons. The van der Waals surface area contributed by atoms with Crippen LogP contribution in [0, 0.1) is 19.7 Å². The maximum absolute atomic E-state index is 13.3. The summed E-state index contributed by atoms with van der Waals surface area (Å²) in [7, 11) is 0. The van der Waals surface area contributed by atoms with E-state index in [4.69, 9.17) is 11.6 Å². The van der Waals surface area contributed by atoms with Gasteiger partial charge in [-0.1, -0.05) is 11.6 Å².